The molecule has 2 aliphatic carbocycles. The highest BCUT2D eigenvalue weighted by Gasteiger charge is 2.29. The molecule has 0 heterocycles. The SMILES string of the molecule is CC(=O)NCCC(O)c1cccc(OCC2CCCCCC2)c1.CCCC(CCC)COc1cccc(C(O)CCC)c1.CCCC(O)c1cccc(OCC(O)(CC)CC)c1.CCCC(O)c1cccc(OCC(O)(CCC)CCC)c1.CCCC(O)c1cccc(OCC2CCCC2)c1.CCCCc1cccc(OCC(O)(CC)CC)c1.CCCCc1cccc(OCC(O)(CCC)CCC)c1. The molecule has 2 aliphatic rings. The van der Waals surface area contributed by atoms with Gasteiger partial charge in [0.1, 0.15) is 66.7 Å². The third-order valence-corrected chi connectivity index (χ3v) is 26.5. The molecule has 0 radical (unpaired) electrons. The number of nitrogens with one attached hydrogen (secondary N) is 1. The normalized spacial score (nSPS) is 14.0. The molecule has 9 rings (SSSR count). The topological polar surface area (TPSA) is 276 Å². The van der Waals surface area contributed by atoms with E-state index in [-0.39, 0.29) is 24.7 Å². The van der Waals surface area contributed by atoms with Crippen molar-refractivity contribution in [2.45, 2.75) is 434 Å². The second-order valence-corrected chi connectivity index (χ2v) is 39.2. The molecule has 18 heteroatoms. The van der Waals surface area contributed by atoms with Crippen molar-refractivity contribution in [2.24, 2.45) is 17.8 Å². The fourth-order valence-corrected chi connectivity index (χ4v) is 17.4. The van der Waals surface area contributed by atoms with Crippen LogP contribution in [-0.2, 0) is 17.6 Å². The van der Waals surface area contributed by atoms with Crippen molar-refractivity contribution >= 4 is 5.91 Å². The van der Waals surface area contributed by atoms with E-state index in [0.717, 1.165) is 211 Å². The summed E-state index contributed by atoms with van der Waals surface area (Å²) in [5.41, 5.74) is 4.27. The minimum absolute atomic E-state index is 0.0716. The first-order valence-corrected chi connectivity index (χ1v) is 54.6. The van der Waals surface area contributed by atoms with Crippen LogP contribution in [0, 0.1) is 17.8 Å². The van der Waals surface area contributed by atoms with Crippen LogP contribution in [0.4, 0.5) is 0 Å². The molecule has 786 valence electrons. The predicted molar refractivity (Wildman–Crippen MR) is 576 cm³/mol. The van der Waals surface area contributed by atoms with E-state index in [4.69, 9.17) is 33.2 Å². The molecule has 10 N–H and O–H groups in total. The number of hydrogen-bond donors (Lipinski definition) is 10. The smallest absolute Gasteiger partial charge is 0.216 e. The Balaban J connectivity index is 0.000000418. The van der Waals surface area contributed by atoms with Gasteiger partial charge in [0.2, 0.25) is 5.91 Å². The minimum atomic E-state index is -0.766. The lowest BCUT2D eigenvalue weighted by Gasteiger charge is -2.27. The monoisotopic (exact) mass is 1930 g/mol. The summed E-state index contributed by atoms with van der Waals surface area (Å²) in [6, 6.07) is 55.0. The Hall–Kier alpha value is -7.75. The molecular formula is C121H195NO17. The lowest BCUT2D eigenvalue weighted by atomic mass is 9.94. The lowest BCUT2D eigenvalue weighted by molar-refractivity contribution is -0.119. The third-order valence-electron chi connectivity index (χ3n) is 26.5. The molecule has 7 aromatic rings. The second kappa shape index (κ2) is 75.1. The Morgan fingerprint density at radius 2 is 0.568 bits per heavy atom. The van der Waals surface area contributed by atoms with Crippen molar-refractivity contribution in [1.29, 1.82) is 0 Å². The highest BCUT2D eigenvalue weighted by Crippen LogP contribution is 2.34. The van der Waals surface area contributed by atoms with Crippen LogP contribution in [0.1, 0.15) is 438 Å². The largest absolute Gasteiger partial charge is 0.493 e. The Morgan fingerprint density at radius 1 is 0.309 bits per heavy atom. The number of aliphatic hydroxyl groups is 9. The zero-order valence-corrected chi connectivity index (χ0v) is 89.7. The Kier molecular flexibility index (Phi) is 67.7. The molecule has 0 aliphatic heterocycles. The summed E-state index contributed by atoms with van der Waals surface area (Å²) < 4.78 is 40.7. The molecular weight excluding hydrogens is 1740 g/mol. The van der Waals surface area contributed by atoms with Gasteiger partial charge in [-0.1, -0.05) is 311 Å². The molecule has 0 bridgehead atoms. The van der Waals surface area contributed by atoms with Crippen molar-refractivity contribution in [3.05, 3.63) is 209 Å². The summed E-state index contributed by atoms with van der Waals surface area (Å²) in [4.78, 5) is 10.9. The number of carbonyl (C=O) groups is 1. The van der Waals surface area contributed by atoms with Gasteiger partial charge in [0, 0.05) is 13.5 Å². The molecule has 18 nitrogen and oxygen atoms in total. The van der Waals surface area contributed by atoms with Gasteiger partial charge in [-0.05, 0) is 289 Å². The number of carbonyl (C=O) groups excluding carboxylic acids is 1. The van der Waals surface area contributed by atoms with Gasteiger partial charge in [-0.2, -0.15) is 0 Å². The van der Waals surface area contributed by atoms with Gasteiger partial charge in [-0.3, -0.25) is 4.79 Å². The van der Waals surface area contributed by atoms with Crippen LogP contribution < -0.4 is 38.5 Å². The van der Waals surface area contributed by atoms with E-state index in [1.54, 1.807) is 0 Å². The van der Waals surface area contributed by atoms with E-state index in [1.807, 2.05) is 180 Å². The van der Waals surface area contributed by atoms with Gasteiger partial charge in [0.25, 0.3) is 0 Å². The van der Waals surface area contributed by atoms with Crippen molar-refractivity contribution in [3.63, 3.8) is 0 Å². The maximum absolute atomic E-state index is 10.9. The molecule has 0 aromatic heterocycles. The van der Waals surface area contributed by atoms with Gasteiger partial charge < -0.3 is 84.4 Å². The summed E-state index contributed by atoms with van der Waals surface area (Å²) in [5, 5.41) is 94.4. The van der Waals surface area contributed by atoms with Crippen LogP contribution in [-0.4, -0.2) is 127 Å². The van der Waals surface area contributed by atoms with Crippen LogP contribution in [0.3, 0.4) is 0 Å². The van der Waals surface area contributed by atoms with Crippen molar-refractivity contribution in [3.8, 4) is 40.2 Å². The average molecular weight is 1940 g/mol. The van der Waals surface area contributed by atoms with Crippen LogP contribution in [0.2, 0.25) is 0 Å². The van der Waals surface area contributed by atoms with E-state index in [2.05, 4.69) is 106 Å². The molecule has 0 spiro atoms. The van der Waals surface area contributed by atoms with E-state index >= 15 is 0 Å². The number of benzene rings is 7. The summed E-state index contributed by atoms with van der Waals surface area (Å²) in [6.45, 7) is 39.1. The standard InChI is InChI=1S/C19H29NO3.C18H30O3.2C18H30O2.C16H26O3.C16H24O2.C16H26O2/c1-15(21)20-12-11-19(22)17-9-6-10-18(13-17)23-14-16-7-4-2-3-5-8-16;1-4-8-17(19)15-9-7-10-16(13-15)21-14-18(20,11-5-2)12-6-3;1-4-8-15(9-5-2)14-20-17-12-7-11-16(13-17)18(19)10-6-3;1-4-7-9-16-10-8-11-17(14-16)20-15-18(19,12-5-2)13-6-3;1-4-8-15(17)13-9-7-10-14(11-13)19-12-16(18,5-2)6-3;1-2-6-16(17)14-9-5-10-15(11-14)18-12-13-7-3-4-8-13;1-4-7-9-14-10-8-11-15(12-14)18-13-16(17,5-2)6-3/h6,9-10,13,16,19,22H,2-5,7-8,11-12,14H2,1H3,(H,20,21);7,9-10,13,17,19-20H,4-6,8,11-12,14H2,1-3H3;7,11-13,15,18-19H,4-6,8-10,14H2,1-3H3;8,10-11,14,19H,4-7,9,12-13,15H2,1-3H3;7,9-11,15,17-18H,4-6,8,12H2,1-3H3;5,9-11,13,16-17H,2-4,6-8,12H2,1H3;8,10-12,17H,4-7,9,13H2,1-3H3. The molecule has 7 aromatic carbocycles. The van der Waals surface area contributed by atoms with Gasteiger partial charge >= 0.3 is 0 Å². The van der Waals surface area contributed by atoms with Gasteiger partial charge in [-0.25, -0.2) is 0 Å². The average Bonchev–Trinajstić information content (AvgIpc) is 1.37. The van der Waals surface area contributed by atoms with Crippen molar-refractivity contribution in [2.75, 3.05) is 52.8 Å². The number of rotatable bonds is 59. The molecule has 5 atom stereocenters. The fourth-order valence-electron chi connectivity index (χ4n) is 17.4. The van der Waals surface area contributed by atoms with Crippen molar-refractivity contribution < 1.29 is 83.9 Å². The molecule has 1 amide bonds. The molecule has 139 heavy (non-hydrogen) atoms. The number of amides is 1. The second-order valence-electron chi connectivity index (χ2n) is 39.2. The summed E-state index contributed by atoms with van der Waals surface area (Å²) in [7, 11) is 0. The zero-order chi connectivity index (χ0) is 102. The molecule has 2 saturated carbocycles. The highest BCUT2D eigenvalue weighted by molar-refractivity contribution is 5.72. The molecule has 0 saturated heterocycles. The lowest BCUT2D eigenvalue weighted by Crippen LogP contribution is -2.35. The Labute approximate surface area is 843 Å². The van der Waals surface area contributed by atoms with E-state index < -0.39 is 40.7 Å². The summed E-state index contributed by atoms with van der Waals surface area (Å²) in [6.07, 6.45) is 40.1. The minimum Gasteiger partial charge on any atom is -0.493 e. The third kappa shape index (κ3) is 55.1. The fraction of sp³-hybridized carbons (Fsp3) is 0.645. The van der Waals surface area contributed by atoms with E-state index in [9.17, 15) is 50.8 Å². The number of ether oxygens (including phenoxy) is 7. The number of hydrogen-bond acceptors (Lipinski definition) is 17. The van der Waals surface area contributed by atoms with Crippen LogP contribution >= 0.6 is 0 Å². The van der Waals surface area contributed by atoms with Crippen LogP contribution in [0.15, 0.2) is 170 Å². The van der Waals surface area contributed by atoms with Crippen LogP contribution in [0.25, 0.3) is 0 Å². The first-order chi connectivity index (χ1) is 67.0. The van der Waals surface area contributed by atoms with Gasteiger partial charge in [0.15, 0.2) is 0 Å². The summed E-state index contributed by atoms with van der Waals surface area (Å²) in [5.74, 6) is 7.73. The predicted octanol–water partition coefficient (Wildman–Crippen LogP) is 29.2. The van der Waals surface area contributed by atoms with E-state index in [0.29, 0.717) is 69.0 Å². The molecule has 5 unspecified atom stereocenters. The Morgan fingerprint density at radius 3 is 0.842 bits per heavy atom. The Bertz CT molecular complexity index is 4150. The quantitative estimate of drug-likeness (QED) is 0.0159. The first-order valence-electron chi connectivity index (χ1n) is 54.6. The maximum atomic E-state index is 10.9. The number of aliphatic hydroxyl groups excluding tert-OH is 5. The highest BCUT2D eigenvalue weighted by atomic mass is 16.5. The van der Waals surface area contributed by atoms with Gasteiger partial charge in [-0.15, -0.1) is 0 Å². The van der Waals surface area contributed by atoms with Gasteiger partial charge in [0.05, 0.1) is 72.7 Å². The number of unbranched alkanes of at least 4 members (excludes halogenated alkanes) is 2. The summed E-state index contributed by atoms with van der Waals surface area (Å²) >= 11 is 0. The zero-order valence-electron chi connectivity index (χ0n) is 89.7. The maximum Gasteiger partial charge on any atom is 0.216 e. The van der Waals surface area contributed by atoms with Crippen LogP contribution in [0.5, 0.6) is 40.2 Å². The van der Waals surface area contributed by atoms with E-state index in [1.165, 1.54) is 134 Å². The number of aryl methyl sites for hydroxylation is 2. The molecule has 2 fully saturated rings. The first kappa shape index (κ1) is 125. The van der Waals surface area contributed by atoms with Crippen molar-refractivity contribution in [1.82, 2.24) is 5.32 Å².